The molecule has 0 fully saturated rings. The average Bonchev–Trinajstić information content (AvgIpc) is 2.89. The van der Waals surface area contributed by atoms with Gasteiger partial charge in [-0.15, -0.1) is 0 Å². The van der Waals surface area contributed by atoms with Gasteiger partial charge in [-0.3, -0.25) is 4.79 Å². The lowest BCUT2D eigenvalue weighted by Gasteiger charge is -2.17. The highest BCUT2D eigenvalue weighted by molar-refractivity contribution is 6.01. The first-order valence-electron chi connectivity index (χ1n) is 7.18. The topological polar surface area (TPSA) is 70.6 Å². The van der Waals surface area contributed by atoms with Gasteiger partial charge in [-0.05, 0) is 11.6 Å². The van der Waals surface area contributed by atoms with Crippen LogP contribution >= 0.6 is 0 Å². The molecule has 0 bridgehead atoms. The molecule has 21 heavy (non-hydrogen) atoms. The van der Waals surface area contributed by atoms with Gasteiger partial charge in [0.1, 0.15) is 18.5 Å². The van der Waals surface area contributed by atoms with Crippen LogP contribution < -0.4 is 15.4 Å². The molecule has 5 nitrogen and oxygen atoms in total. The summed E-state index contributed by atoms with van der Waals surface area (Å²) in [6.07, 6.45) is 1.01. The minimum absolute atomic E-state index is 0.0824. The van der Waals surface area contributed by atoms with Gasteiger partial charge in [0.05, 0.1) is 0 Å². The van der Waals surface area contributed by atoms with Crippen molar-refractivity contribution < 1.29 is 14.6 Å². The van der Waals surface area contributed by atoms with Gasteiger partial charge in [-0.2, -0.15) is 0 Å². The van der Waals surface area contributed by atoms with E-state index in [1.54, 1.807) is 6.08 Å². The van der Waals surface area contributed by atoms with Crippen LogP contribution in [0.3, 0.4) is 0 Å². The molecule has 1 aromatic rings. The van der Waals surface area contributed by atoms with Crippen molar-refractivity contribution in [3.8, 4) is 5.75 Å². The van der Waals surface area contributed by atoms with E-state index >= 15 is 0 Å². The summed E-state index contributed by atoms with van der Waals surface area (Å²) in [5, 5.41) is 15.8. The molecular weight excluding hydrogens is 268 g/mol. The van der Waals surface area contributed by atoms with Crippen molar-refractivity contribution in [2.75, 3.05) is 19.7 Å². The fraction of sp³-hybridized carbons (Fsp3) is 0.438. The molecule has 1 heterocycles. The zero-order valence-electron chi connectivity index (χ0n) is 12.4. The summed E-state index contributed by atoms with van der Waals surface area (Å²) in [4.78, 5) is 11.3. The number of hydrogen-bond acceptors (Lipinski definition) is 4. The summed E-state index contributed by atoms with van der Waals surface area (Å²) >= 11 is 0. The quantitative estimate of drug-likeness (QED) is 0.699. The van der Waals surface area contributed by atoms with E-state index in [4.69, 9.17) is 4.74 Å². The van der Waals surface area contributed by atoms with Gasteiger partial charge in [0.25, 0.3) is 0 Å². The van der Waals surface area contributed by atoms with Crippen LogP contribution in [0, 0.1) is 0 Å². The van der Waals surface area contributed by atoms with E-state index in [0.717, 1.165) is 11.1 Å². The van der Waals surface area contributed by atoms with Crippen LogP contribution in [0.1, 0.15) is 19.4 Å². The molecule has 0 spiro atoms. The summed E-state index contributed by atoms with van der Waals surface area (Å²) in [6, 6.07) is 7.87. The highest BCUT2D eigenvalue weighted by Crippen LogP contribution is 2.27. The Hall–Kier alpha value is -1.85. The molecule has 1 aliphatic heterocycles. The van der Waals surface area contributed by atoms with Gasteiger partial charge in [-0.1, -0.05) is 32.0 Å². The third kappa shape index (κ3) is 4.58. The number of amides is 1. The lowest BCUT2D eigenvalue weighted by atomic mass is 10.1. The zero-order valence-corrected chi connectivity index (χ0v) is 12.4. The van der Waals surface area contributed by atoms with E-state index in [0.29, 0.717) is 24.9 Å². The maximum Gasteiger partial charge on any atom is 0.244 e. The standard InChI is InChI=1S/C16H22N2O3/c1-11(2)17-9-13(19)10-21-15-6-4-3-5-14(15)12-7-16(20)18-8-12/h3-7,11,13,17,19H,8-10H2,1-2H3,(H,18,20). The van der Waals surface area contributed by atoms with Crippen molar-refractivity contribution in [2.45, 2.75) is 26.0 Å². The summed E-state index contributed by atoms with van der Waals surface area (Å²) < 4.78 is 5.71. The first-order chi connectivity index (χ1) is 10.1. The van der Waals surface area contributed by atoms with Gasteiger partial charge in [0.2, 0.25) is 5.91 Å². The van der Waals surface area contributed by atoms with Crippen molar-refractivity contribution in [3.63, 3.8) is 0 Å². The molecule has 114 valence electrons. The Morgan fingerprint density at radius 1 is 1.38 bits per heavy atom. The lowest BCUT2D eigenvalue weighted by molar-refractivity contribution is -0.115. The number of aliphatic hydroxyl groups excluding tert-OH is 1. The number of ether oxygens (including phenoxy) is 1. The smallest absolute Gasteiger partial charge is 0.244 e. The fourth-order valence-corrected chi connectivity index (χ4v) is 2.09. The van der Waals surface area contributed by atoms with Gasteiger partial charge >= 0.3 is 0 Å². The van der Waals surface area contributed by atoms with Crippen molar-refractivity contribution in [2.24, 2.45) is 0 Å². The number of benzene rings is 1. The second kappa shape index (κ2) is 7.24. The number of rotatable bonds is 7. The molecule has 5 heteroatoms. The third-order valence-corrected chi connectivity index (χ3v) is 3.18. The van der Waals surface area contributed by atoms with Crippen LogP contribution in [0.15, 0.2) is 30.3 Å². The van der Waals surface area contributed by atoms with E-state index in [9.17, 15) is 9.90 Å². The Bertz CT molecular complexity index is 526. The maximum absolute atomic E-state index is 11.3. The second-order valence-corrected chi connectivity index (χ2v) is 5.41. The normalized spacial score (nSPS) is 15.8. The molecule has 3 N–H and O–H groups in total. The summed E-state index contributed by atoms with van der Waals surface area (Å²) in [7, 11) is 0. The van der Waals surface area contributed by atoms with Crippen LogP contribution in [0.4, 0.5) is 0 Å². The third-order valence-electron chi connectivity index (χ3n) is 3.18. The Morgan fingerprint density at radius 2 is 2.14 bits per heavy atom. The summed E-state index contributed by atoms with van der Waals surface area (Å²) in [5.74, 6) is 0.602. The molecule has 2 rings (SSSR count). The molecule has 0 aromatic heterocycles. The minimum Gasteiger partial charge on any atom is -0.490 e. The number of nitrogens with one attached hydrogen (secondary N) is 2. The number of aliphatic hydroxyl groups is 1. The van der Waals surface area contributed by atoms with Gasteiger partial charge in [0, 0.05) is 30.8 Å². The first kappa shape index (κ1) is 15.5. The SMILES string of the molecule is CC(C)NCC(O)COc1ccccc1C1=CC(=O)NC1. The Balaban J connectivity index is 1.97. The van der Waals surface area contributed by atoms with Gasteiger partial charge in [0.15, 0.2) is 0 Å². The second-order valence-electron chi connectivity index (χ2n) is 5.41. The predicted molar refractivity (Wildman–Crippen MR) is 82.1 cm³/mol. The molecule has 1 atom stereocenters. The Labute approximate surface area is 125 Å². The molecule has 0 saturated heterocycles. The molecule has 1 amide bonds. The Kier molecular flexibility index (Phi) is 5.36. The molecule has 0 aliphatic carbocycles. The zero-order chi connectivity index (χ0) is 15.2. The highest BCUT2D eigenvalue weighted by Gasteiger charge is 2.16. The largest absolute Gasteiger partial charge is 0.490 e. The number of carbonyl (C=O) groups is 1. The van der Waals surface area contributed by atoms with E-state index in [-0.39, 0.29) is 12.5 Å². The minimum atomic E-state index is -0.572. The van der Waals surface area contributed by atoms with Crippen molar-refractivity contribution in [1.82, 2.24) is 10.6 Å². The van der Waals surface area contributed by atoms with Gasteiger partial charge in [-0.25, -0.2) is 0 Å². The van der Waals surface area contributed by atoms with Crippen molar-refractivity contribution in [1.29, 1.82) is 0 Å². The van der Waals surface area contributed by atoms with E-state index in [1.165, 1.54) is 0 Å². The van der Waals surface area contributed by atoms with E-state index in [1.807, 2.05) is 38.1 Å². The van der Waals surface area contributed by atoms with E-state index < -0.39 is 6.10 Å². The molecule has 1 aliphatic rings. The van der Waals surface area contributed by atoms with Gasteiger partial charge < -0.3 is 20.5 Å². The lowest BCUT2D eigenvalue weighted by Crippen LogP contribution is -2.35. The fourth-order valence-electron chi connectivity index (χ4n) is 2.09. The Morgan fingerprint density at radius 3 is 2.81 bits per heavy atom. The van der Waals surface area contributed by atoms with Crippen molar-refractivity contribution in [3.05, 3.63) is 35.9 Å². The van der Waals surface area contributed by atoms with Crippen LogP contribution in [-0.2, 0) is 4.79 Å². The highest BCUT2D eigenvalue weighted by atomic mass is 16.5. The first-order valence-corrected chi connectivity index (χ1v) is 7.18. The van der Waals surface area contributed by atoms with E-state index in [2.05, 4.69) is 10.6 Å². The number of para-hydroxylation sites is 1. The average molecular weight is 290 g/mol. The van der Waals surface area contributed by atoms with Crippen LogP contribution in [-0.4, -0.2) is 42.9 Å². The molecular formula is C16H22N2O3. The number of carbonyl (C=O) groups excluding carboxylic acids is 1. The number of hydrogen-bond donors (Lipinski definition) is 3. The van der Waals surface area contributed by atoms with Crippen LogP contribution in [0.5, 0.6) is 5.75 Å². The molecule has 0 radical (unpaired) electrons. The molecule has 0 saturated carbocycles. The monoisotopic (exact) mass is 290 g/mol. The summed E-state index contributed by atoms with van der Waals surface area (Å²) in [5.41, 5.74) is 1.80. The molecule has 1 aromatic carbocycles. The molecule has 1 unspecified atom stereocenters. The van der Waals surface area contributed by atoms with Crippen molar-refractivity contribution >= 4 is 11.5 Å². The predicted octanol–water partition coefficient (Wildman–Crippen LogP) is 0.937. The maximum atomic E-state index is 11.3. The van der Waals surface area contributed by atoms with Crippen LogP contribution in [0.2, 0.25) is 0 Å². The van der Waals surface area contributed by atoms with Crippen LogP contribution in [0.25, 0.3) is 5.57 Å². The summed E-state index contributed by atoms with van der Waals surface area (Å²) in [6.45, 7) is 5.27.